The highest BCUT2D eigenvalue weighted by molar-refractivity contribution is 6.31. The lowest BCUT2D eigenvalue weighted by molar-refractivity contribution is -0.231. The third kappa shape index (κ3) is 6.23. The van der Waals surface area contributed by atoms with E-state index in [4.69, 9.17) is 26.8 Å². The molecule has 0 amide bonds. The summed E-state index contributed by atoms with van der Waals surface area (Å²) in [7, 11) is 0. The number of hydrogen-bond acceptors (Lipinski definition) is 7. The molecule has 33 heavy (non-hydrogen) atoms. The van der Waals surface area contributed by atoms with Gasteiger partial charge in [-0.3, -0.25) is 0 Å². The molecule has 0 unspecified atom stereocenters. The van der Waals surface area contributed by atoms with Gasteiger partial charge in [0.25, 0.3) is 0 Å². The van der Waals surface area contributed by atoms with Gasteiger partial charge in [0, 0.05) is 5.02 Å². The molecule has 0 bridgehead atoms. The lowest BCUT2D eigenvalue weighted by Gasteiger charge is -2.40. The summed E-state index contributed by atoms with van der Waals surface area (Å²) in [5.41, 5.74) is 7.63. The molecule has 1 saturated heterocycles. The highest BCUT2D eigenvalue weighted by Crippen LogP contribution is 2.34. The molecule has 7 nitrogen and oxygen atoms in total. The van der Waals surface area contributed by atoms with E-state index in [0.29, 0.717) is 28.5 Å². The molecule has 1 fully saturated rings. The Kier molecular flexibility index (Phi) is 8.68. The van der Waals surface area contributed by atoms with E-state index in [2.05, 4.69) is 6.58 Å². The van der Waals surface area contributed by atoms with Gasteiger partial charge in [-0.1, -0.05) is 48.5 Å². The predicted octanol–water partition coefficient (Wildman–Crippen LogP) is 2.37. The molecule has 6 N–H and O–H groups in total. The number of hydrogen-bond donors (Lipinski definition) is 5. The standard InChI is InChI=1S/C25H28ClNO6/c1-15(4-2-3-11-27)32-19-8-5-16(6-9-19)12-18-13-17(7-10-20(18)26)25-24(31)23(30)22(29)21(14-28)33-25/h2-11,13,21-25,28-31H,1,12,14,27H2/b4-2-,11-3-/t21-,22-,23+,24-,25+/m1/s1. The molecular weight excluding hydrogens is 446 g/mol. The van der Waals surface area contributed by atoms with E-state index in [0.717, 1.165) is 11.1 Å². The zero-order valence-electron chi connectivity index (χ0n) is 17.9. The summed E-state index contributed by atoms with van der Waals surface area (Å²) in [4.78, 5) is 0. The van der Waals surface area contributed by atoms with Crippen molar-refractivity contribution >= 4 is 11.6 Å². The van der Waals surface area contributed by atoms with E-state index >= 15 is 0 Å². The minimum absolute atomic E-state index is 0.469. The van der Waals surface area contributed by atoms with Gasteiger partial charge in [-0.05, 0) is 59.7 Å². The smallest absolute Gasteiger partial charge is 0.127 e. The van der Waals surface area contributed by atoms with Crippen molar-refractivity contribution in [2.24, 2.45) is 5.73 Å². The first-order chi connectivity index (χ1) is 15.8. The molecule has 3 rings (SSSR count). The third-order valence-corrected chi connectivity index (χ3v) is 5.73. The Hall–Kier alpha value is -2.65. The second kappa shape index (κ2) is 11.5. The molecule has 0 saturated carbocycles. The highest BCUT2D eigenvalue weighted by atomic mass is 35.5. The normalized spacial score (nSPS) is 25.5. The van der Waals surface area contributed by atoms with Crippen LogP contribution in [-0.2, 0) is 11.2 Å². The van der Waals surface area contributed by atoms with Crippen molar-refractivity contribution in [1.29, 1.82) is 0 Å². The van der Waals surface area contributed by atoms with Crippen LogP contribution < -0.4 is 10.5 Å². The number of rotatable bonds is 8. The highest BCUT2D eigenvalue weighted by Gasteiger charge is 2.44. The molecule has 0 radical (unpaired) electrons. The summed E-state index contributed by atoms with van der Waals surface area (Å²) in [5.74, 6) is 1.10. The molecule has 1 aliphatic rings. The fourth-order valence-electron chi connectivity index (χ4n) is 3.59. The molecule has 5 atom stereocenters. The van der Waals surface area contributed by atoms with Gasteiger partial charge in [0.2, 0.25) is 0 Å². The summed E-state index contributed by atoms with van der Waals surface area (Å²) in [6.45, 7) is 3.34. The average Bonchev–Trinajstić information content (AvgIpc) is 2.81. The van der Waals surface area contributed by atoms with Gasteiger partial charge in [-0.2, -0.15) is 0 Å². The Labute approximate surface area is 197 Å². The fraction of sp³-hybridized carbons (Fsp3) is 0.280. The van der Waals surface area contributed by atoms with Crippen molar-refractivity contribution in [2.75, 3.05) is 6.61 Å². The van der Waals surface area contributed by atoms with Crippen molar-refractivity contribution < 1.29 is 29.9 Å². The Balaban J connectivity index is 1.73. The molecule has 2 aromatic rings. The predicted molar refractivity (Wildman–Crippen MR) is 126 cm³/mol. The average molecular weight is 474 g/mol. The van der Waals surface area contributed by atoms with Crippen molar-refractivity contribution in [3.8, 4) is 5.75 Å². The summed E-state index contributed by atoms with van der Waals surface area (Å²) in [6, 6.07) is 12.6. The SMILES string of the molecule is C=C(/C=C\C=C/N)Oc1ccc(Cc2cc([C@@H]3O[C@H](CO)[C@@H](O)[C@H](O)[C@H]3O)ccc2Cl)cc1. The molecule has 1 aliphatic heterocycles. The second-order valence-electron chi connectivity index (χ2n) is 7.73. The van der Waals surface area contributed by atoms with Gasteiger partial charge in [0.15, 0.2) is 0 Å². The maximum absolute atomic E-state index is 10.4. The first-order valence-corrected chi connectivity index (χ1v) is 10.8. The maximum Gasteiger partial charge on any atom is 0.127 e. The van der Waals surface area contributed by atoms with Gasteiger partial charge in [-0.25, -0.2) is 0 Å². The van der Waals surface area contributed by atoms with E-state index in [9.17, 15) is 20.4 Å². The molecule has 8 heteroatoms. The van der Waals surface area contributed by atoms with Crippen molar-refractivity contribution in [3.05, 3.63) is 101 Å². The fourth-order valence-corrected chi connectivity index (χ4v) is 3.78. The molecule has 0 aliphatic carbocycles. The molecule has 1 heterocycles. The van der Waals surface area contributed by atoms with Crippen LogP contribution in [0, 0.1) is 0 Å². The van der Waals surface area contributed by atoms with Crippen LogP contribution in [0.2, 0.25) is 5.02 Å². The van der Waals surface area contributed by atoms with Crippen LogP contribution in [0.4, 0.5) is 0 Å². The minimum atomic E-state index is -1.44. The Morgan fingerprint density at radius 2 is 1.79 bits per heavy atom. The maximum atomic E-state index is 10.4. The van der Waals surface area contributed by atoms with Crippen LogP contribution in [0.25, 0.3) is 0 Å². The van der Waals surface area contributed by atoms with Crippen LogP contribution in [-0.4, -0.2) is 51.4 Å². The zero-order valence-corrected chi connectivity index (χ0v) is 18.7. The molecular formula is C25H28ClNO6. The van der Waals surface area contributed by atoms with Crippen LogP contribution >= 0.6 is 11.6 Å². The molecule has 0 spiro atoms. The van der Waals surface area contributed by atoms with Crippen molar-refractivity contribution in [2.45, 2.75) is 36.9 Å². The number of benzene rings is 2. The van der Waals surface area contributed by atoms with Gasteiger partial charge < -0.3 is 35.6 Å². The zero-order chi connectivity index (χ0) is 24.0. The third-order valence-electron chi connectivity index (χ3n) is 5.36. The quantitative estimate of drug-likeness (QED) is 0.294. The van der Waals surface area contributed by atoms with E-state index in [1.807, 2.05) is 24.3 Å². The van der Waals surface area contributed by atoms with Gasteiger partial charge in [0.05, 0.1) is 6.61 Å². The minimum Gasteiger partial charge on any atom is -0.458 e. The van der Waals surface area contributed by atoms with E-state index in [1.165, 1.54) is 6.20 Å². The van der Waals surface area contributed by atoms with Crippen LogP contribution in [0.5, 0.6) is 5.75 Å². The van der Waals surface area contributed by atoms with Crippen LogP contribution in [0.1, 0.15) is 22.8 Å². The van der Waals surface area contributed by atoms with Crippen LogP contribution in [0.15, 0.2) is 79.2 Å². The van der Waals surface area contributed by atoms with E-state index in [-0.39, 0.29) is 0 Å². The Morgan fingerprint density at radius 1 is 1.06 bits per heavy atom. The van der Waals surface area contributed by atoms with Gasteiger partial charge >= 0.3 is 0 Å². The molecule has 176 valence electrons. The largest absolute Gasteiger partial charge is 0.458 e. The molecule has 0 aromatic heterocycles. The Morgan fingerprint density at radius 3 is 2.45 bits per heavy atom. The lowest BCUT2D eigenvalue weighted by atomic mass is 9.90. The van der Waals surface area contributed by atoms with Crippen molar-refractivity contribution in [1.82, 2.24) is 0 Å². The number of aliphatic hydroxyl groups excluding tert-OH is 4. The summed E-state index contributed by atoms with van der Waals surface area (Å²) >= 11 is 6.40. The van der Waals surface area contributed by atoms with Crippen molar-refractivity contribution in [3.63, 3.8) is 0 Å². The number of aliphatic hydroxyl groups is 4. The number of halogens is 1. The monoisotopic (exact) mass is 473 g/mol. The number of ether oxygens (including phenoxy) is 2. The summed E-state index contributed by atoms with van der Waals surface area (Å²) < 4.78 is 11.3. The van der Waals surface area contributed by atoms with Crippen LogP contribution in [0.3, 0.4) is 0 Å². The van der Waals surface area contributed by atoms with E-state index in [1.54, 1.807) is 36.4 Å². The number of nitrogens with two attached hydrogens (primary N) is 1. The second-order valence-corrected chi connectivity index (χ2v) is 8.14. The van der Waals surface area contributed by atoms with Gasteiger partial charge in [-0.15, -0.1) is 0 Å². The first-order valence-electron chi connectivity index (χ1n) is 10.4. The molecule has 2 aromatic carbocycles. The number of allylic oxidation sites excluding steroid dienone is 3. The first kappa shape index (κ1) is 25.0. The lowest BCUT2D eigenvalue weighted by Crippen LogP contribution is -2.55. The topological polar surface area (TPSA) is 125 Å². The van der Waals surface area contributed by atoms with E-state index < -0.39 is 37.1 Å². The summed E-state index contributed by atoms with van der Waals surface area (Å²) in [5, 5.41) is 40.5. The summed E-state index contributed by atoms with van der Waals surface area (Å²) in [6.07, 6.45) is 0.915. The van der Waals surface area contributed by atoms with Gasteiger partial charge in [0.1, 0.15) is 42.0 Å². The Bertz CT molecular complexity index is 1000.